The summed E-state index contributed by atoms with van der Waals surface area (Å²) in [6, 6.07) is 5.47. The molecule has 0 aliphatic carbocycles. The van der Waals surface area contributed by atoms with Gasteiger partial charge in [-0.05, 0) is 17.7 Å². The maximum absolute atomic E-state index is 10.5. The van der Waals surface area contributed by atoms with Crippen molar-refractivity contribution in [2.24, 2.45) is 0 Å². The number of nitrogens with one attached hydrogen (secondary N) is 1. The highest BCUT2D eigenvalue weighted by Gasteiger charge is 2.27. The molecule has 0 spiro atoms. The first-order valence-electron chi connectivity index (χ1n) is 6.64. The summed E-state index contributed by atoms with van der Waals surface area (Å²) in [5.41, 5.74) is 0.989. The third-order valence-electron chi connectivity index (χ3n) is 3.30. The van der Waals surface area contributed by atoms with Gasteiger partial charge >= 0.3 is 5.97 Å². The van der Waals surface area contributed by atoms with Gasteiger partial charge in [-0.3, -0.25) is 0 Å². The Morgan fingerprint density at radius 1 is 1.43 bits per heavy atom. The topological polar surface area (TPSA) is 67.8 Å². The largest absolute Gasteiger partial charge is 0.480 e. The van der Waals surface area contributed by atoms with E-state index in [4.69, 9.17) is 37.8 Å². The molecule has 2 atom stereocenters. The second kappa shape index (κ2) is 7.96. The molecule has 1 heterocycles. The first kappa shape index (κ1) is 16.5. The Bertz CT molecular complexity index is 498. The van der Waals surface area contributed by atoms with Gasteiger partial charge in [-0.15, -0.1) is 0 Å². The third kappa shape index (κ3) is 4.83. The fourth-order valence-corrected chi connectivity index (χ4v) is 2.60. The van der Waals surface area contributed by atoms with E-state index in [1.807, 2.05) is 12.1 Å². The van der Waals surface area contributed by atoms with E-state index >= 15 is 0 Å². The molecular weight excluding hydrogens is 317 g/mol. The molecule has 0 bridgehead atoms. The summed E-state index contributed by atoms with van der Waals surface area (Å²) in [7, 11) is 0. The van der Waals surface area contributed by atoms with Gasteiger partial charge in [0.05, 0.1) is 29.4 Å². The molecule has 0 aromatic heterocycles. The van der Waals surface area contributed by atoms with E-state index in [0.717, 1.165) is 12.1 Å². The molecule has 2 rings (SSSR count). The van der Waals surface area contributed by atoms with Gasteiger partial charge < -0.3 is 19.9 Å². The Kier molecular flexibility index (Phi) is 6.26. The molecule has 1 aliphatic rings. The molecule has 21 heavy (non-hydrogen) atoms. The molecule has 1 aliphatic heterocycles. The molecule has 1 aromatic rings. The lowest BCUT2D eigenvalue weighted by molar-refractivity contribution is -0.143. The molecule has 5 nitrogen and oxygen atoms in total. The van der Waals surface area contributed by atoms with Crippen LogP contribution in [0.5, 0.6) is 0 Å². The van der Waals surface area contributed by atoms with Crippen LogP contribution in [0.2, 0.25) is 10.0 Å². The minimum Gasteiger partial charge on any atom is -0.480 e. The van der Waals surface area contributed by atoms with Crippen LogP contribution < -0.4 is 5.32 Å². The zero-order valence-corrected chi connectivity index (χ0v) is 12.9. The lowest BCUT2D eigenvalue weighted by Gasteiger charge is -2.25. The number of benzene rings is 1. The van der Waals surface area contributed by atoms with Crippen LogP contribution in [0.4, 0.5) is 0 Å². The van der Waals surface area contributed by atoms with E-state index in [0.29, 0.717) is 23.2 Å². The van der Waals surface area contributed by atoms with Crippen LogP contribution in [-0.2, 0) is 14.3 Å². The van der Waals surface area contributed by atoms with Gasteiger partial charge in [0.25, 0.3) is 0 Å². The summed E-state index contributed by atoms with van der Waals surface area (Å²) in [4.78, 5) is 10.5. The van der Waals surface area contributed by atoms with Gasteiger partial charge in [-0.25, -0.2) is 4.79 Å². The number of hydrogen-bond donors (Lipinski definition) is 2. The van der Waals surface area contributed by atoms with Crippen molar-refractivity contribution in [3.63, 3.8) is 0 Å². The summed E-state index contributed by atoms with van der Waals surface area (Å²) >= 11 is 12.0. The maximum atomic E-state index is 10.5. The van der Waals surface area contributed by atoms with E-state index in [-0.39, 0.29) is 25.2 Å². The van der Waals surface area contributed by atoms with E-state index in [1.165, 1.54) is 0 Å². The molecule has 1 aromatic carbocycles. The van der Waals surface area contributed by atoms with Crippen LogP contribution >= 0.6 is 23.2 Å². The van der Waals surface area contributed by atoms with Gasteiger partial charge in [0.15, 0.2) is 0 Å². The van der Waals surface area contributed by atoms with Gasteiger partial charge in [0, 0.05) is 19.0 Å². The predicted octanol–water partition coefficient (Wildman–Crippen LogP) is 2.17. The molecule has 0 unspecified atom stereocenters. The van der Waals surface area contributed by atoms with E-state index in [9.17, 15) is 4.79 Å². The fourth-order valence-electron chi connectivity index (χ4n) is 2.29. The second-order valence-electron chi connectivity index (χ2n) is 4.80. The number of halogens is 2. The molecule has 2 N–H and O–H groups in total. The van der Waals surface area contributed by atoms with Crippen molar-refractivity contribution in [3.8, 4) is 0 Å². The van der Waals surface area contributed by atoms with Crippen LogP contribution in [0.25, 0.3) is 0 Å². The van der Waals surface area contributed by atoms with E-state index in [2.05, 4.69) is 5.32 Å². The highest BCUT2D eigenvalue weighted by atomic mass is 35.5. The number of ether oxygens (including phenoxy) is 2. The SMILES string of the molecule is O=C(O)COC[C@@H]1OCCNC[C@@H]1c1ccc(Cl)c(Cl)c1. The number of carboxylic acids is 1. The van der Waals surface area contributed by atoms with Crippen molar-refractivity contribution in [1.29, 1.82) is 0 Å². The highest BCUT2D eigenvalue weighted by molar-refractivity contribution is 6.42. The zero-order valence-electron chi connectivity index (χ0n) is 11.4. The van der Waals surface area contributed by atoms with Crippen LogP contribution in [0.15, 0.2) is 18.2 Å². The second-order valence-corrected chi connectivity index (χ2v) is 5.62. The highest BCUT2D eigenvalue weighted by Crippen LogP contribution is 2.29. The number of carboxylic acid groups (broad SMARTS) is 1. The Hall–Kier alpha value is -0.850. The van der Waals surface area contributed by atoms with Crippen LogP contribution in [0.3, 0.4) is 0 Å². The molecule has 116 valence electrons. The first-order valence-corrected chi connectivity index (χ1v) is 7.40. The molecular formula is C14H17Cl2NO4. The zero-order chi connectivity index (χ0) is 15.2. The number of aliphatic carboxylic acids is 1. The van der Waals surface area contributed by atoms with Crippen molar-refractivity contribution < 1.29 is 19.4 Å². The van der Waals surface area contributed by atoms with E-state index in [1.54, 1.807) is 6.07 Å². The maximum Gasteiger partial charge on any atom is 0.329 e. The number of carbonyl (C=O) groups is 1. The quantitative estimate of drug-likeness (QED) is 0.864. The van der Waals surface area contributed by atoms with Gasteiger partial charge in [-0.1, -0.05) is 29.3 Å². The lowest BCUT2D eigenvalue weighted by Crippen LogP contribution is -2.31. The summed E-state index contributed by atoms with van der Waals surface area (Å²) in [5.74, 6) is -0.969. The molecule has 7 heteroatoms. The Labute approximate surface area is 133 Å². The predicted molar refractivity (Wildman–Crippen MR) is 80.3 cm³/mol. The summed E-state index contributed by atoms with van der Waals surface area (Å²) < 4.78 is 10.9. The Morgan fingerprint density at radius 3 is 2.95 bits per heavy atom. The normalized spacial score (nSPS) is 22.8. The van der Waals surface area contributed by atoms with Gasteiger partial charge in [0.1, 0.15) is 6.61 Å². The molecule has 0 radical (unpaired) electrons. The summed E-state index contributed by atoms with van der Waals surface area (Å²) in [6.45, 7) is 1.89. The monoisotopic (exact) mass is 333 g/mol. The average Bonchev–Trinajstić information content (AvgIpc) is 2.67. The average molecular weight is 334 g/mol. The van der Waals surface area contributed by atoms with Crippen molar-refractivity contribution in [3.05, 3.63) is 33.8 Å². The first-order chi connectivity index (χ1) is 10.1. The molecule has 1 saturated heterocycles. The smallest absolute Gasteiger partial charge is 0.329 e. The Balaban J connectivity index is 2.10. The standard InChI is InChI=1S/C14H17Cl2NO4/c15-11-2-1-9(5-12(11)16)10-6-17-3-4-21-13(10)7-20-8-14(18)19/h1-2,5,10,13,17H,3-4,6-8H2,(H,18,19)/t10-,13+/m1/s1. The van der Waals surface area contributed by atoms with Gasteiger partial charge in [-0.2, -0.15) is 0 Å². The van der Waals surface area contributed by atoms with E-state index < -0.39 is 5.97 Å². The fraction of sp³-hybridized carbons (Fsp3) is 0.500. The minimum atomic E-state index is -0.993. The number of hydrogen-bond acceptors (Lipinski definition) is 4. The third-order valence-corrected chi connectivity index (χ3v) is 4.04. The van der Waals surface area contributed by atoms with Crippen LogP contribution in [0.1, 0.15) is 11.5 Å². The molecule has 0 saturated carbocycles. The van der Waals surface area contributed by atoms with Crippen molar-refractivity contribution in [1.82, 2.24) is 5.32 Å². The molecule has 0 amide bonds. The summed E-state index contributed by atoms with van der Waals surface area (Å²) in [5, 5.41) is 12.9. The molecule has 1 fully saturated rings. The van der Waals surface area contributed by atoms with Crippen LogP contribution in [0, 0.1) is 0 Å². The lowest BCUT2D eigenvalue weighted by atomic mass is 9.93. The van der Waals surface area contributed by atoms with Crippen molar-refractivity contribution in [2.75, 3.05) is 32.9 Å². The van der Waals surface area contributed by atoms with Crippen LogP contribution in [-0.4, -0.2) is 50.1 Å². The Morgan fingerprint density at radius 2 is 2.24 bits per heavy atom. The number of rotatable bonds is 5. The van der Waals surface area contributed by atoms with Gasteiger partial charge in [0.2, 0.25) is 0 Å². The van der Waals surface area contributed by atoms with Crippen molar-refractivity contribution >= 4 is 29.2 Å². The summed E-state index contributed by atoms with van der Waals surface area (Å²) in [6.07, 6.45) is -0.225. The van der Waals surface area contributed by atoms with Crippen molar-refractivity contribution in [2.45, 2.75) is 12.0 Å². The minimum absolute atomic E-state index is 0.0241.